The predicted molar refractivity (Wildman–Crippen MR) is 74.3 cm³/mol. The minimum atomic E-state index is -4.66. The molecule has 0 bridgehead atoms. The Morgan fingerprint density at radius 2 is 1.86 bits per heavy atom. The molecule has 5 heteroatoms. The lowest BCUT2D eigenvalue weighted by Crippen LogP contribution is -2.15. The van der Waals surface area contributed by atoms with Crippen molar-refractivity contribution in [3.8, 4) is 0 Å². The van der Waals surface area contributed by atoms with Crippen LogP contribution in [0.15, 0.2) is 18.2 Å². The van der Waals surface area contributed by atoms with Crippen LogP contribution in [0.3, 0.4) is 0 Å². The fraction of sp³-hybridized carbons (Fsp3) is 0.625. The van der Waals surface area contributed by atoms with Crippen molar-refractivity contribution in [3.05, 3.63) is 35.1 Å². The molecule has 0 saturated carbocycles. The van der Waals surface area contributed by atoms with Gasteiger partial charge in [-0.05, 0) is 30.0 Å². The van der Waals surface area contributed by atoms with Gasteiger partial charge >= 0.3 is 6.18 Å². The number of halogens is 4. The first-order valence-electron chi connectivity index (χ1n) is 7.34. The highest BCUT2D eigenvalue weighted by atomic mass is 19.4. The highest BCUT2D eigenvalue weighted by Crippen LogP contribution is 2.37. The maximum Gasteiger partial charge on any atom is 0.416 e. The summed E-state index contributed by atoms with van der Waals surface area (Å²) in [6, 6.07) is 2.45. The fourth-order valence-electron chi connectivity index (χ4n) is 2.49. The van der Waals surface area contributed by atoms with E-state index in [0.717, 1.165) is 37.8 Å². The van der Waals surface area contributed by atoms with Crippen LogP contribution in [0.2, 0.25) is 0 Å². The Morgan fingerprint density at radius 3 is 2.38 bits per heavy atom. The van der Waals surface area contributed by atoms with E-state index in [2.05, 4.69) is 0 Å². The molecule has 1 nitrogen and oxygen atoms in total. The number of aliphatic hydroxyl groups is 1. The zero-order valence-electron chi connectivity index (χ0n) is 12.4. The number of hydrogen-bond acceptors (Lipinski definition) is 1. The third-order valence-corrected chi connectivity index (χ3v) is 3.78. The number of rotatable bonds is 7. The third kappa shape index (κ3) is 5.30. The van der Waals surface area contributed by atoms with Gasteiger partial charge < -0.3 is 5.11 Å². The summed E-state index contributed by atoms with van der Waals surface area (Å²) in [4.78, 5) is 0. The highest BCUT2D eigenvalue weighted by Gasteiger charge is 2.35. The van der Waals surface area contributed by atoms with Crippen LogP contribution in [0, 0.1) is 11.7 Å². The summed E-state index contributed by atoms with van der Waals surface area (Å²) in [6.07, 6.45) is -1.93. The first-order chi connectivity index (χ1) is 9.79. The van der Waals surface area contributed by atoms with Crippen LogP contribution in [0.1, 0.15) is 63.2 Å². The van der Waals surface area contributed by atoms with Crippen LogP contribution in [-0.2, 0) is 6.18 Å². The monoisotopic (exact) mass is 306 g/mol. The van der Waals surface area contributed by atoms with Gasteiger partial charge in [0.1, 0.15) is 5.82 Å². The van der Waals surface area contributed by atoms with E-state index in [4.69, 9.17) is 0 Å². The summed E-state index contributed by atoms with van der Waals surface area (Å²) in [6.45, 7) is 4.01. The minimum absolute atomic E-state index is 0.172. The number of unbranched alkanes of at least 4 members (excludes halogenated alkanes) is 1. The molecule has 1 aromatic rings. The molecule has 0 aromatic heterocycles. The highest BCUT2D eigenvalue weighted by molar-refractivity contribution is 5.32. The van der Waals surface area contributed by atoms with Gasteiger partial charge in [-0.1, -0.05) is 45.6 Å². The minimum Gasteiger partial charge on any atom is -0.388 e. The lowest BCUT2D eigenvalue weighted by atomic mass is 9.89. The van der Waals surface area contributed by atoms with Crippen molar-refractivity contribution in [1.29, 1.82) is 0 Å². The van der Waals surface area contributed by atoms with Crippen molar-refractivity contribution in [2.75, 3.05) is 0 Å². The Morgan fingerprint density at radius 1 is 1.19 bits per heavy atom. The molecule has 0 spiro atoms. The van der Waals surface area contributed by atoms with Crippen molar-refractivity contribution >= 4 is 0 Å². The molecule has 0 aliphatic carbocycles. The molecule has 0 saturated heterocycles. The number of alkyl halides is 3. The summed E-state index contributed by atoms with van der Waals surface area (Å²) in [7, 11) is 0. The maximum atomic E-state index is 13.1. The Labute approximate surface area is 123 Å². The maximum absolute atomic E-state index is 13.1. The van der Waals surface area contributed by atoms with E-state index in [-0.39, 0.29) is 17.9 Å². The van der Waals surface area contributed by atoms with Gasteiger partial charge in [0.05, 0.1) is 11.7 Å². The second kappa shape index (κ2) is 7.78. The molecule has 1 rings (SSSR count). The fourth-order valence-corrected chi connectivity index (χ4v) is 2.49. The third-order valence-electron chi connectivity index (χ3n) is 3.78. The molecular formula is C16H22F4O. The van der Waals surface area contributed by atoms with Gasteiger partial charge in [-0.2, -0.15) is 13.2 Å². The lowest BCUT2D eigenvalue weighted by molar-refractivity contribution is -0.139. The zero-order chi connectivity index (χ0) is 16.0. The normalized spacial score (nSPS) is 15.0. The van der Waals surface area contributed by atoms with Gasteiger partial charge in [-0.15, -0.1) is 0 Å². The van der Waals surface area contributed by atoms with Gasteiger partial charge in [-0.3, -0.25) is 0 Å². The zero-order valence-corrected chi connectivity index (χ0v) is 12.4. The van der Waals surface area contributed by atoms with E-state index < -0.39 is 23.7 Å². The van der Waals surface area contributed by atoms with Gasteiger partial charge in [-0.25, -0.2) is 4.39 Å². The van der Waals surface area contributed by atoms with E-state index in [1.165, 1.54) is 0 Å². The molecule has 2 atom stereocenters. The predicted octanol–water partition coefficient (Wildman–Crippen LogP) is 5.48. The van der Waals surface area contributed by atoms with Crippen molar-refractivity contribution in [3.63, 3.8) is 0 Å². The summed E-state index contributed by atoms with van der Waals surface area (Å²) in [5.41, 5.74) is -1.32. The Kier molecular flexibility index (Phi) is 6.65. The molecule has 120 valence electrons. The van der Waals surface area contributed by atoms with Gasteiger partial charge in [0, 0.05) is 0 Å². The molecule has 0 fully saturated rings. The smallest absolute Gasteiger partial charge is 0.388 e. The molecule has 1 aromatic carbocycles. The molecule has 0 heterocycles. The Balaban J connectivity index is 2.93. The van der Waals surface area contributed by atoms with E-state index in [1.54, 1.807) is 0 Å². The van der Waals surface area contributed by atoms with Gasteiger partial charge in [0.25, 0.3) is 0 Å². The number of benzene rings is 1. The number of hydrogen-bond donors (Lipinski definition) is 1. The molecule has 0 aliphatic heterocycles. The molecule has 21 heavy (non-hydrogen) atoms. The molecule has 1 N–H and O–H groups in total. The summed E-state index contributed by atoms with van der Waals surface area (Å²) >= 11 is 0. The summed E-state index contributed by atoms with van der Waals surface area (Å²) < 4.78 is 51.9. The summed E-state index contributed by atoms with van der Waals surface area (Å²) in [5.74, 6) is -0.776. The molecule has 0 radical (unpaired) electrons. The van der Waals surface area contributed by atoms with E-state index in [9.17, 15) is 22.7 Å². The van der Waals surface area contributed by atoms with Crippen molar-refractivity contribution < 1.29 is 22.7 Å². The van der Waals surface area contributed by atoms with Gasteiger partial charge in [0.2, 0.25) is 0 Å². The quantitative estimate of drug-likeness (QED) is 0.661. The Bertz CT molecular complexity index is 442. The van der Waals surface area contributed by atoms with Crippen molar-refractivity contribution in [1.82, 2.24) is 0 Å². The molecular weight excluding hydrogens is 284 g/mol. The number of aliphatic hydroxyl groups excluding tert-OH is 1. The summed E-state index contributed by atoms with van der Waals surface area (Å²) in [5, 5.41) is 10.1. The Hall–Kier alpha value is -1.10. The molecule has 0 amide bonds. The second-order valence-electron chi connectivity index (χ2n) is 5.40. The van der Waals surface area contributed by atoms with Crippen LogP contribution >= 0.6 is 0 Å². The van der Waals surface area contributed by atoms with Crippen molar-refractivity contribution in [2.24, 2.45) is 5.92 Å². The van der Waals surface area contributed by atoms with E-state index in [1.807, 2.05) is 13.8 Å². The van der Waals surface area contributed by atoms with Crippen LogP contribution in [0.4, 0.5) is 17.6 Å². The van der Waals surface area contributed by atoms with Crippen molar-refractivity contribution in [2.45, 2.75) is 58.2 Å². The lowest BCUT2D eigenvalue weighted by Gasteiger charge is -2.22. The van der Waals surface area contributed by atoms with E-state index >= 15 is 0 Å². The first kappa shape index (κ1) is 18.0. The molecule has 2 unspecified atom stereocenters. The topological polar surface area (TPSA) is 20.2 Å². The average Bonchev–Trinajstić information content (AvgIpc) is 2.42. The largest absolute Gasteiger partial charge is 0.416 e. The second-order valence-corrected chi connectivity index (χ2v) is 5.40. The van der Waals surface area contributed by atoms with Gasteiger partial charge in [0.15, 0.2) is 0 Å². The van der Waals surface area contributed by atoms with Crippen LogP contribution in [0.5, 0.6) is 0 Å². The average molecular weight is 306 g/mol. The van der Waals surface area contributed by atoms with Crippen LogP contribution in [0.25, 0.3) is 0 Å². The SMILES string of the molecule is CCCCC(CC)CC(O)c1ccc(F)cc1C(F)(F)F. The standard InChI is InChI=1S/C16H22F4O/c1-3-5-6-11(4-2)9-15(21)13-8-7-12(17)10-14(13)16(18,19)20/h7-8,10-11,15,21H,3-6,9H2,1-2H3. The molecule has 0 aliphatic rings. The van der Waals surface area contributed by atoms with E-state index in [0.29, 0.717) is 6.07 Å². The van der Waals surface area contributed by atoms with Crippen LogP contribution < -0.4 is 0 Å². The first-order valence-corrected chi connectivity index (χ1v) is 7.34. The van der Waals surface area contributed by atoms with Crippen LogP contribution in [-0.4, -0.2) is 5.11 Å².